The van der Waals surface area contributed by atoms with E-state index in [1.54, 1.807) is 0 Å². The Hall–Kier alpha value is -1.91. The van der Waals surface area contributed by atoms with Gasteiger partial charge in [0.05, 0.1) is 0 Å². The van der Waals surface area contributed by atoms with E-state index < -0.39 is 11.6 Å². The van der Waals surface area contributed by atoms with Crippen LogP contribution in [0.5, 0.6) is 0 Å². The molecule has 1 aliphatic rings. The molecule has 3 nitrogen and oxygen atoms in total. The van der Waals surface area contributed by atoms with Gasteiger partial charge in [-0.15, -0.1) is 0 Å². The standard InChI is InChI=1S/C13H12F2N2O/c14-8-4-5-9(11(15)7-8)12-10-3-1-2-6-16-13(10)18-17-12/h4-5,7,16H,1-3,6H2. The van der Waals surface area contributed by atoms with Crippen molar-refractivity contribution in [2.75, 3.05) is 11.9 Å². The van der Waals surface area contributed by atoms with Crippen molar-refractivity contribution in [3.8, 4) is 11.3 Å². The molecule has 2 aromatic rings. The monoisotopic (exact) mass is 250 g/mol. The van der Waals surface area contributed by atoms with Crippen LogP contribution in [0, 0.1) is 11.6 Å². The highest BCUT2D eigenvalue weighted by Crippen LogP contribution is 2.33. The summed E-state index contributed by atoms with van der Waals surface area (Å²) < 4.78 is 31.8. The molecule has 0 saturated heterocycles. The molecule has 1 N–H and O–H groups in total. The van der Waals surface area contributed by atoms with E-state index in [0.717, 1.165) is 37.4 Å². The number of nitrogens with zero attached hydrogens (tertiary/aromatic N) is 1. The average molecular weight is 250 g/mol. The first-order valence-corrected chi connectivity index (χ1v) is 5.93. The molecular formula is C13H12F2N2O. The van der Waals surface area contributed by atoms with Crippen molar-refractivity contribution in [2.24, 2.45) is 0 Å². The third-order valence-electron chi connectivity index (χ3n) is 3.11. The zero-order valence-corrected chi connectivity index (χ0v) is 9.67. The van der Waals surface area contributed by atoms with E-state index in [-0.39, 0.29) is 5.56 Å². The second kappa shape index (κ2) is 4.40. The molecule has 0 unspecified atom stereocenters. The van der Waals surface area contributed by atoms with Gasteiger partial charge in [-0.3, -0.25) is 0 Å². The van der Waals surface area contributed by atoms with Crippen molar-refractivity contribution in [2.45, 2.75) is 19.3 Å². The fraction of sp³-hybridized carbons (Fsp3) is 0.308. The van der Waals surface area contributed by atoms with Crippen LogP contribution < -0.4 is 5.32 Å². The summed E-state index contributed by atoms with van der Waals surface area (Å²) in [5.41, 5.74) is 1.63. The van der Waals surface area contributed by atoms with Gasteiger partial charge in [-0.2, -0.15) is 0 Å². The van der Waals surface area contributed by atoms with Gasteiger partial charge in [0, 0.05) is 23.7 Å². The first-order valence-electron chi connectivity index (χ1n) is 5.93. The maximum atomic E-state index is 13.7. The number of fused-ring (bicyclic) bond motifs is 1. The summed E-state index contributed by atoms with van der Waals surface area (Å²) >= 11 is 0. The highest BCUT2D eigenvalue weighted by molar-refractivity contribution is 5.68. The summed E-state index contributed by atoms with van der Waals surface area (Å²) in [7, 11) is 0. The third-order valence-corrected chi connectivity index (χ3v) is 3.11. The minimum atomic E-state index is -0.615. The lowest BCUT2D eigenvalue weighted by Crippen LogP contribution is -1.97. The molecule has 0 radical (unpaired) electrons. The molecule has 0 amide bonds. The SMILES string of the molecule is Fc1ccc(-c2noc3c2CCCCN3)c(F)c1. The quantitative estimate of drug-likeness (QED) is 0.843. The lowest BCUT2D eigenvalue weighted by atomic mass is 10.0. The molecule has 3 rings (SSSR count). The van der Waals surface area contributed by atoms with Crippen LogP contribution in [-0.4, -0.2) is 11.7 Å². The topological polar surface area (TPSA) is 38.1 Å². The fourth-order valence-corrected chi connectivity index (χ4v) is 2.20. The normalized spacial score (nSPS) is 14.8. The van der Waals surface area contributed by atoms with E-state index in [2.05, 4.69) is 10.5 Å². The Labute approximate surface area is 103 Å². The summed E-state index contributed by atoms with van der Waals surface area (Å²) in [5.74, 6) is -0.606. The van der Waals surface area contributed by atoms with Gasteiger partial charge < -0.3 is 9.84 Å². The molecule has 1 aromatic carbocycles. The molecule has 94 valence electrons. The van der Waals surface area contributed by atoms with Crippen LogP contribution in [0.2, 0.25) is 0 Å². The van der Waals surface area contributed by atoms with Crippen LogP contribution in [0.1, 0.15) is 18.4 Å². The maximum Gasteiger partial charge on any atom is 0.228 e. The predicted molar refractivity (Wildman–Crippen MR) is 63.3 cm³/mol. The molecule has 1 aromatic heterocycles. The van der Waals surface area contributed by atoms with E-state index in [0.29, 0.717) is 11.6 Å². The lowest BCUT2D eigenvalue weighted by molar-refractivity contribution is 0.434. The first kappa shape index (κ1) is 11.2. The number of aromatic nitrogens is 1. The smallest absolute Gasteiger partial charge is 0.228 e. The molecule has 2 heterocycles. The molecule has 0 saturated carbocycles. The fourth-order valence-electron chi connectivity index (χ4n) is 2.20. The van der Waals surface area contributed by atoms with Crippen molar-refractivity contribution in [1.29, 1.82) is 0 Å². The summed E-state index contributed by atoms with van der Waals surface area (Å²) in [6.45, 7) is 0.827. The Balaban J connectivity index is 2.09. The molecule has 18 heavy (non-hydrogen) atoms. The van der Waals surface area contributed by atoms with Crippen LogP contribution in [0.3, 0.4) is 0 Å². The molecule has 0 spiro atoms. The van der Waals surface area contributed by atoms with Gasteiger partial charge in [0.2, 0.25) is 5.88 Å². The summed E-state index contributed by atoms with van der Waals surface area (Å²) in [4.78, 5) is 0. The number of hydrogen-bond donors (Lipinski definition) is 1. The Kier molecular flexibility index (Phi) is 2.74. The van der Waals surface area contributed by atoms with Gasteiger partial charge in [-0.25, -0.2) is 8.78 Å². The number of rotatable bonds is 1. The van der Waals surface area contributed by atoms with Crippen molar-refractivity contribution in [1.82, 2.24) is 5.16 Å². The predicted octanol–water partition coefficient (Wildman–Crippen LogP) is 3.37. The number of benzene rings is 1. The minimum Gasteiger partial charge on any atom is -0.354 e. The van der Waals surface area contributed by atoms with Crippen LogP contribution in [-0.2, 0) is 6.42 Å². The van der Waals surface area contributed by atoms with Crippen LogP contribution >= 0.6 is 0 Å². The molecule has 0 fully saturated rings. The average Bonchev–Trinajstić information content (AvgIpc) is 2.59. The number of halogens is 2. The number of anilines is 1. The Morgan fingerprint density at radius 3 is 2.94 bits per heavy atom. The molecular weight excluding hydrogens is 238 g/mol. The van der Waals surface area contributed by atoms with E-state index in [1.807, 2.05) is 0 Å². The van der Waals surface area contributed by atoms with Crippen LogP contribution in [0.15, 0.2) is 22.7 Å². The third kappa shape index (κ3) is 1.85. The zero-order chi connectivity index (χ0) is 12.5. The maximum absolute atomic E-state index is 13.7. The Morgan fingerprint density at radius 1 is 1.22 bits per heavy atom. The largest absolute Gasteiger partial charge is 0.354 e. The molecule has 0 bridgehead atoms. The second-order valence-electron chi connectivity index (χ2n) is 4.35. The van der Waals surface area contributed by atoms with Gasteiger partial charge >= 0.3 is 0 Å². The van der Waals surface area contributed by atoms with E-state index >= 15 is 0 Å². The van der Waals surface area contributed by atoms with Gasteiger partial charge in [0.1, 0.15) is 17.3 Å². The summed E-state index contributed by atoms with van der Waals surface area (Å²) in [5, 5.41) is 7.02. The van der Waals surface area contributed by atoms with Gasteiger partial charge in [0.25, 0.3) is 0 Å². The van der Waals surface area contributed by atoms with Gasteiger partial charge in [0.15, 0.2) is 0 Å². The number of hydrogen-bond acceptors (Lipinski definition) is 3. The summed E-state index contributed by atoms with van der Waals surface area (Å²) in [6, 6.07) is 3.48. The van der Waals surface area contributed by atoms with E-state index in [9.17, 15) is 8.78 Å². The zero-order valence-electron chi connectivity index (χ0n) is 9.67. The van der Waals surface area contributed by atoms with E-state index in [1.165, 1.54) is 12.1 Å². The molecule has 1 aliphatic heterocycles. The first-order chi connectivity index (χ1) is 8.75. The van der Waals surface area contributed by atoms with Crippen molar-refractivity contribution in [3.05, 3.63) is 35.4 Å². The number of nitrogens with one attached hydrogen (secondary N) is 1. The van der Waals surface area contributed by atoms with Gasteiger partial charge in [-0.05, 0) is 31.4 Å². The van der Waals surface area contributed by atoms with Crippen LogP contribution in [0.25, 0.3) is 11.3 Å². The highest BCUT2D eigenvalue weighted by atomic mass is 19.1. The minimum absolute atomic E-state index is 0.283. The Morgan fingerprint density at radius 2 is 2.11 bits per heavy atom. The van der Waals surface area contributed by atoms with E-state index in [4.69, 9.17) is 4.52 Å². The van der Waals surface area contributed by atoms with Crippen LogP contribution in [0.4, 0.5) is 14.7 Å². The molecule has 0 aliphatic carbocycles. The lowest BCUT2D eigenvalue weighted by Gasteiger charge is -2.02. The van der Waals surface area contributed by atoms with Crippen molar-refractivity contribution in [3.63, 3.8) is 0 Å². The van der Waals surface area contributed by atoms with Crippen molar-refractivity contribution >= 4 is 5.88 Å². The highest BCUT2D eigenvalue weighted by Gasteiger charge is 2.21. The van der Waals surface area contributed by atoms with Crippen molar-refractivity contribution < 1.29 is 13.3 Å². The summed E-state index contributed by atoms with van der Waals surface area (Å²) in [6.07, 6.45) is 2.82. The molecule has 0 atom stereocenters. The van der Waals surface area contributed by atoms with Gasteiger partial charge in [-0.1, -0.05) is 5.16 Å². The Bertz CT molecular complexity index is 580. The molecule has 5 heteroatoms. The second-order valence-corrected chi connectivity index (χ2v) is 4.35.